The number of aryl methyl sites for hydroxylation is 1. The molecule has 1 aromatic rings. The van der Waals surface area contributed by atoms with Crippen LogP contribution in [-0.2, 0) is 13.0 Å². The van der Waals surface area contributed by atoms with Gasteiger partial charge in [-0.2, -0.15) is 5.10 Å². The maximum atomic E-state index is 8.34. The predicted octanol–water partition coefficient (Wildman–Crippen LogP) is 0.582. The lowest BCUT2D eigenvalue weighted by molar-refractivity contribution is 0.317. The summed E-state index contributed by atoms with van der Waals surface area (Å²) in [6.07, 6.45) is 5.13. The Hall–Kier alpha value is -1.52. The molecule has 13 heavy (non-hydrogen) atoms. The SMILES string of the molecule is CCCn1cc(C/C(N)=N/O)cn1. The minimum atomic E-state index is 0.205. The normalized spacial score (nSPS) is 11.9. The molecule has 0 radical (unpaired) electrons. The first kappa shape index (κ1) is 9.57. The molecular weight excluding hydrogens is 168 g/mol. The van der Waals surface area contributed by atoms with Crippen molar-refractivity contribution in [1.82, 2.24) is 9.78 Å². The zero-order valence-electron chi connectivity index (χ0n) is 7.64. The van der Waals surface area contributed by atoms with Gasteiger partial charge >= 0.3 is 0 Å². The summed E-state index contributed by atoms with van der Waals surface area (Å²) in [6, 6.07) is 0. The van der Waals surface area contributed by atoms with Crippen LogP contribution in [0.4, 0.5) is 0 Å². The van der Waals surface area contributed by atoms with Gasteiger partial charge < -0.3 is 10.9 Å². The Labute approximate surface area is 76.8 Å². The molecule has 0 saturated heterocycles. The molecule has 72 valence electrons. The van der Waals surface area contributed by atoms with Crippen molar-refractivity contribution in [1.29, 1.82) is 0 Å². The molecule has 5 nitrogen and oxygen atoms in total. The molecule has 0 aromatic carbocycles. The van der Waals surface area contributed by atoms with Gasteiger partial charge in [-0.1, -0.05) is 12.1 Å². The van der Waals surface area contributed by atoms with E-state index in [4.69, 9.17) is 10.9 Å². The molecule has 0 aliphatic carbocycles. The van der Waals surface area contributed by atoms with Gasteiger partial charge in [0.2, 0.25) is 0 Å². The maximum absolute atomic E-state index is 8.34. The number of aromatic nitrogens is 2. The largest absolute Gasteiger partial charge is 0.409 e. The first-order valence-electron chi connectivity index (χ1n) is 4.24. The second-order valence-corrected chi connectivity index (χ2v) is 2.88. The van der Waals surface area contributed by atoms with E-state index in [2.05, 4.69) is 17.2 Å². The van der Waals surface area contributed by atoms with Crippen molar-refractivity contribution < 1.29 is 5.21 Å². The van der Waals surface area contributed by atoms with Crippen LogP contribution in [0.5, 0.6) is 0 Å². The minimum absolute atomic E-state index is 0.205. The molecule has 0 amide bonds. The van der Waals surface area contributed by atoms with Crippen molar-refractivity contribution in [2.45, 2.75) is 26.3 Å². The van der Waals surface area contributed by atoms with Crippen molar-refractivity contribution in [2.75, 3.05) is 0 Å². The fourth-order valence-corrected chi connectivity index (χ4v) is 1.09. The second-order valence-electron chi connectivity index (χ2n) is 2.88. The Morgan fingerprint density at radius 1 is 1.77 bits per heavy atom. The lowest BCUT2D eigenvalue weighted by Crippen LogP contribution is -2.14. The Kier molecular flexibility index (Phi) is 3.31. The van der Waals surface area contributed by atoms with Crippen molar-refractivity contribution in [2.24, 2.45) is 10.9 Å². The Balaban J connectivity index is 2.58. The van der Waals surface area contributed by atoms with Gasteiger partial charge in [-0.15, -0.1) is 0 Å². The molecule has 0 aliphatic heterocycles. The highest BCUT2D eigenvalue weighted by Gasteiger charge is 2.00. The summed E-state index contributed by atoms with van der Waals surface area (Å²) >= 11 is 0. The quantitative estimate of drug-likeness (QED) is 0.309. The van der Waals surface area contributed by atoms with Gasteiger partial charge in [-0.25, -0.2) is 0 Å². The van der Waals surface area contributed by atoms with E-state index in [9.17, 15) is 0 Å². The fourth-order valence-electron chi connectivity index (χ4n) is 1.09. The van der Waals surface area contributed by atoms with E-state index in [1.165, 1.54) is 0 Å². The van der Waals surface area contributed by atoms with Gasteiger partial charge in [0.25, 0.3) is 0 Å². The molecule has 5 heteroatoms. The van der Waals surface area contributed by atoms with Crippen LogP contribution >= 0.6 is 0 Å². The number of nitrogens with zero attached hydrogens (tertiary/aromatic N) is 3. The van der Waals surface area contributed by atoms with Crippen molar-refractivity contribution in [3.8, 4) is 0 Å². The van der Waals surface area contributed by atoms with Gasteiger partial charge in [0, 0.05) is 19.2 Å². The smallest absolute Gasteiger partial charge is 0.143 e. The standard InChI is InChI=1S/C8H14N4O/c1-2-3-12-6-7(5-10-12)4-8(9)11-13/h5-6,13H,2-4H2,1H3,(H2,9,11). The van der Waals surface area contributed by atoms with Crippen molar-refractivity contribution in [3.63, 3.8) is 0 Å². The Bertz CT molecular complexity index is 292. The third kappa shape index (κ3) is 2.77. The zero-order chi connectivity index (χ0) is 9.68. The minimum Gasteiger partial charge on any atom is -0.409 e. The number of hydrogen-bond donors (Lipinski definition) is 2. The number of hydrogen-bond acceptors (Lipinski definition) is 3. The van der Waals surface area contributed by atoms with Crippen LogP contribution in [0.25, 0.3) is 0 Å². The summed E-state index contributed by atoms with van der Waals surface area (Å²) < 4.78 is 1.85. The van der Waals surface area contributed by atoms with Crippen LogP contribution in [0, 0.1) is 0 Å². The first-order valence-corrected chi connectivity index (χ1v) is 4.24. The number of nitrogens with two attached hydrogens (primary N) is 1. The van der Waals surface area contributed by atoms with E-state index in [-0.39, 0.29) is 5.84 Å². The highest BCUT2D eigenvalue weighted by molar-refractivity contribution is 5.81. The van der Waals surface area contributed by atoms with Crippen LogP contribution < -0.4 is 5.73 Å². The summed E-state index contributed by atoms with van der Waals surface area (Å²) in [4.78, 5) is 0. The van der Waals surface area contributed by atoms with Gasteiger partial charge in [0.05, 0.1) is 6.20 Å². The second kappa shape index (κ2) is 4.49. The first-order chi connectivity index (χ1) is 6.26. The topological polar surface area (TPSA) is 76.4 Å². The molecule has 3 N–H and O–H groups in total. The molecule has 1 heterocycles. The summed E-state index contributed by atoms with van der Waals surface area (Å²) in [5, 5.41) is 15.4. The lowest BCUT2D eigenvalue weighted by atomic mass is 10.2. The van der Waals surface area contributed by atoms with E-state index < -0.39 is 0 Å². The van der Waals surface area contributed by atoms with E-state index in [0.717, 1.165) is 18.5 Å². The van der Waals surface area contributed by atoms with Gasteiger partial charge in [0.1, 0.15) is 5.84 Å². The van der Waals surface area contributed by atoms with E-state index >= 15 is 0 Å². The average Bonchev–Trinajstić information content (AvgIpc) is 2.53. The monoisotopic (exact) mass is 182 g/mol. The molecule has 0 saturated carbocycles. The highest BCUT2D eigenvalue weighted by Crippen LogP contribution is 1.99. The third-order valence-corrected chi connectivity index (χ3v) is 1.65. The molecule has 0 unspecified atom stereocenters. The van der Waals surface area contributed by atoms with Crippen LogP contribution in [0.3, 0.4) is 0 Å². The molecule has 0 fully saturated rings. The Morgan fingerprint density at radius 3 is 3.15 bits per heavy atom. The lowest BCUT2D eigenvalue weighted by Gasteiger charge is -1.95. The van der Waals surface area contributed by atoms with Crippen LogP contribution in [0.1, 0.15) is 18.9 Å². The molecule has 0 aliphatic rings. The molecule has 0 spiro atoms. The van der Waals surface area contributed by atoms with Crippen molar-refractivity contribution in [3.05, 3.63) is 18.0 Å². The molecule has 0 atom stereocenters. The van der Waals surface area contributed by atoms with E-state index in [0.29, 0.717) is 6.42 Å². The third-order valence-electron chi connectivity index (χ3n) is 1.65. The zero-order valence-corrected chi connectivity index (χ0v) is 7.64. The predicted molar refractivity (Wildman–Crippen MR) is 49.6 cm³/mol. The summed E-state index contributed by atoms with van der Waals surface area (Å²) in [5.41, 5.74) is 6.31. The van der Waals surface area contributed by atoms with Crippen molar-refractivity contribution >= 4 is 5.84 Å². The summed E-state index contributed by atoms with van der Waals surface area (Å²) in [7, 11) is 0. The fraction of sp³-hybridized carbons (Fsp3) is 0.500. The van der Waals surface area contributed by atoms with Gasteiger partial charge in [-0.3, -0.25) is 4.68 Å². The maximum Gasteiger partial charge on any atom is 0.143 e. The van der Waals surface area contributed by atoms with Gasteiger partial charge in [0.15, 0.2) is 0 Å². The summed E-state index contributed by atoms with van der Waals surface area (Å²) in [6.45, 7) is 2.99. The highest BCUT2D eigenvalue weighted by atomic mass is 16.4. The molecule has 1 aromatic heterocycles. The molecule has 0 bridgehead atoms. The number of amidine groups is 1. The van der Waals surface area contributed by atoms with E-state index in [1.54, 1.807) is 6.20 Å². The van der Waals surface area contributed by atoms with Crippen LogP contribution in [0.15, 0.2) is 17.5 Å². The van der Waals surface area contributed by atoms with Gasteiger partial charge in [-0.05, 0) is 12.0 Å². The number of oxime groups is 1. The summed E-state index contributed by atoms with van der Waals surface area (Å²) in [5.74, 6) is 0.205. The molecule has 1 rings (SSSR count). The van der Waals surface area contributed by atoms with E-state index in [1.807, 2.05) is 10.9 Å². The molecular formula is C8H14N4O. The Morgan fingerprint density at radius 2 is 2.54 bits per heavy atom. The average molecular weight is 182 g/mol. The van der Waals surface area contributed by atoms with Crippen LogP contribution in [0.2, 0.25) is 0 Å². The van der Waals surface area contributed by atoms with Crippen LogP contribution in [-0.4, -0.2) is 20.8 Å². The number of rotatable bonds is 4.